The highest BCUT2D eigenvalue weighted by molar-refractivity contribution is 7.98. The quantitative estimate of drug-likeness (QED) is 0.805. The SMILES string of the molecule is CSCC(C)(O)CNc1cccc(C)n1. The molecule has 0 saturated heterocycles. The zero-order chi connectivity index (χ0) is 11.3. The Morgan fingerprint density at radius 2 is 2.27 bits per heavy atom. The van der Waals surface area contributed by atoms with Crippen LogP contribution in [-0.2, 0) is 0 Å². The van der Waals surface area contributed by atoms with Crippen molar-refractivity contribution in [2.75, 3.05) is 23.9 Å². The Kier molecular flexibility index (Phi) is 4.42. The van der Waals surface area contributed by atoms with Gasteiger partial charge in [-0.15, -0.1) is 0 Å². The first-order valence-electron chi connectivity index (χ1n) is 4.92. The number of thioether (sulfide) groups is 1. The molecule has 1 aromatic rings. The first-order valence-corrected chi connectivity index (χ1v) is 6.32. The highest BCUT2D eigenvalue weighted by Gasteiger charge is 2.19. The van der Waals surface area contributed by atoms with Crippen molar-refractivity contribution in [2.24, 2.45) is 0 Å². The van der Waals surface area contributed by atoms with Gasteiger partial charge in [0.25, 0.3) is 0 Å². The van der Waals surface area contributed by atoms with E-state index in [1.807, 2.05) is 38.3 Å². The van der Waals surface area contributed by atoms with Crippen LogP contribution in [0.15, 0.2) is 18.2 Å². The van der Waals surface area contributed by atoms with Crippen LogP contribution in [0.25, 0.3) is 0 Å². The van der Waals surface area contributed by atoms with E-state index in [4.69, 9.17) is 0 Å². The molecule has 3 nitrogen and oxygen atoms in total. The number of aliphatic hydroxyl groups is 1. The van der Waals surface area contributed by atoms with E-state index in [1.165, 1.54) is 0 Å². The maximum atomic E-state index is 9.93. The van der Waals surface area contributed by atoms with E-state index in [0.717, 1.165) is 11.5 Å². The van der Waals surface area contributed by atoms with Crippen LogP contribution < -0.4 is 5.32 Å². The molecule has 0 radical (unpaired) electrons. The molecule has 0 saturated carbocycles. The lowest BCUT2D eigenvalue weighted by atomic mass is 10.1. The Morgan fingerprint density at radius 1 is 1.53 bits per heavy atom. The number of aryl methyl sites for hydroxylation is 1. The molecular weight excluding hydrogens is 208 g/mol. The predicted octanol–water partition coefficient (Wildman–Crippen LogP) is 1.92. The molecule has 1 atom stereocenters. The fraction of sp³-hybridized carbons (Fsp3) is 0.545. The maximum Gasteiger partial charge on any atom is 0.126 e. The number of nitrogens with zero attached hydrogens (tertiary/aromatic N) is 1. The summed E-state index contributed by atoms with van der Waals surface area (Å²) < 4.78 is 0. The van der Waals surface area contributed by atoms with Crippen LogP contribution >= 0.6 is 11.8 Å². The third kappa shape index (κ3) is 4.53. The third-order valence-electron chi connectivity index (χ3n) is 1.99. The molecule has 0 aliphatic rings. The summed E-state index contributed by atoms with van der Waals surface area (Å²) in [6.07, 6.45) is 1.99. The summed E-state index contributed by atoms with van der Waals surface area (Å²) in [7, 11) is 0. The van der Waals surface area contributed by atoms with Crippen LogP contribution in [0, 0.1) is 6.92 Å². The van der Waals surface area contributed by atoms with Gasteiger partial charge in [0, 0.05) is 18.0 Å². The van der Waals surface area contributed by atoms with Crippen LogP contribution in [0.2, 0.25) is 0 Å². The molecule has 1 unspecified atom stereocenters. The second kappa shape index (κ2) is 5.37. The summed E-state index contributed by atoms with van der Waals surface area (Å²) in [5.74, 6) is 1.53. The number of rotatable bonds is 5. The Bertz CT molecular complexity index is 315. The van der Waals surface area contributed by atoms with Crippen LogP contribution in [0.4, 0.5) is 5.82 Å². The average Bonchev–Trinajstić information content (AvgIpc) is 2.15. The molecule has 1 heterocycles. The molecule has 0 bridgehead atoms. The lowest BCUT2D eigenvalue weighted by Gasteiger charge is -2.22. The van der Waals surface area contributed by atoms with E-state index in [-0.39, 0.29) is 0 Å². The average molecular weight is 226 g/mol. The minimum Gasteiger partial charge on any atom is -0.387 e. The van der Waals surface area contributed by atoms with Crippen molar-refractivity contribution in [1.29, 1.82) is 0 Å². The summed E-state index contributed by atoms with van der Waals surface area (Å²) in [5.41, 5.74) is 0.287. The minimum atomic E-state index is -0.690. The molecule has 15 heavy (non-hydrogen) atoms. The topological polar surface area (TPSA) is 45.1 Å². The van der Waals surface area contributed by atoms with Crippen LogP contribution in [0.5, 0.6) is 0 Å². The number of pyridine rings is 1. The molecule has 1 rings (SSSR count). The van der Waals surface area contributed by atoms with Crippen molar-refractivity contribution in [3.8, 4) is 0 Å². The van der Waals surface area contributed by atoms with E-state index in [0.29, 0.717) is 12.3 Å². The van der Waals surface area contributed by atoms with Gasteiger partial charge in [0.2, 0.25) is 0 Å². The number of aromatic nitrogens is 1. The lowest BCUT2D eigenvalue weighted by Crippen LogP contribution is -2.36. The first-order chi connectivity index (χ1) is 7.03. The standard InChI is InChI=1S/C11H18N2OS/c1-9-5-4-6-10(13-9)12-7-11(2,14)8-15-3/h4-6,14H,7-8H2,1-3H3,(H,12,13). The van der Waals surface area contributed by atoms with Crippen molar-refractivity contribution in [3.63, 3.8) is 0 Å². The molecule has 0 amide bonds. The zero-order valence-electron chi connectivity index (χ0n) is 9.45. The van der Waals surface area contributed by atoms with Gasteiger partial charge in [-0.1, -0.05) is 6.07 Å². The van der Waals surface area contributed by atoms with E-state index in [9.17, 15) is 5.11 Å². The Morgan fingerprint density at radius 3 is 2.87 bits per heavy atom. The Hall–Kier alpha value is -0.740. The summed E-state index contributed by atoms with van der Waals surface area (Å²) in [6, 6.07) is 5.81. The number of nitrogens with one attached hydrogen (secondary N) is 1. The number of anilines is 1. The summed E-state index contributed by atoms with van der Waals surface area (Å²) in [4.78, 5) is 4.31. The highest BCUT2D eigenvalue weighted by atomic mass is 32.2. The van der Waals surface area contributed by atoms with Gasteiger partial charge in [-0.05, 0) is 32.2 Å². The largest absolute Gasteiger partial charge is 0.387 e. The summed E-state index contributed by atoms with van der Waals surface area (Å²) in [6.45, 7) is 4.29. The van der Waals surface area contributed by atoms with E-state index in [1.54, 1.807) is 11.8 Å². The minimum absolute atomic E-state index is 0.518. The smallest absolute Gasteiger partial charge is 0.126 e. The maximum absolute atomic E-state index is 9.93. The monoisotopic (exact) mass is 226 g/mol. The van der Waals surface area contributed by atoms with Gasteiger partial charge in [-0.25, -0.2) is 4.98 Å². The van der Waals surface area contributed by atoms with Crippen LogP contribution in [0.1, 0.15) is 12.6 Å². The van der Waals surface area contributed by atoms with Gasteiger partial charge in [0.05, 0.1) is 5.60 Å². The molecule has 2 N–H and O–H groups in total. The molecular formula is C11H18N2OS. The number of hydrogen-bond donors (Lipinski definition) is 2. The van der Waals surface area contributed by atoms with E-state index >= 15 is 0 Å². The fourth-order valence-corrected chi connectivity index (χ4v) is 2.01. The van der Waals surface area contributed by atoms with Crippen LogP contribution in [0.3, 0.4) is 0 Å². The molecule has 4 heteroatoms. The molecule has 0 spiro atoms. The molecule has 0 fully saturated rings. The van der Waals surface area contributed by atoms with Gasteiger partial charge in [-0.2, -0.15) is 11.8 Å². The normalized spacial score (nSPS) is 14.7. The predicted molar refractivity (Wildman–Crippen MR) is 66.5 cm³/mol. The lowest BCUT2D eigenvalue weighted by molar-refractivity contribution is 0.0996. The second-order valence-corrected chi connectivity index (χ2v) is 4.81. The first kappa shape index (κ1) is 12.3. The zero-order valence-corrected chi connectivity index (χ0v) is 10.3. The second-order valence-electron chi connectivity index (χ2n) is 3.95. The van der Waals surface area contributed by atoms with Crippen molar-refractivity contribution in [1.82, 2.24) is 4.98 Å². The van der Waals surface area contributed by atoms with Gasteiger partial charge < -0.3 is 10.4 Å². The van der Waals surface area contributed by atoms with Gasteiger partial charge in [0.1, 0.15) is 5.82 Å². The van der Waals surface area contributed by atoms with Crippen LogP contribution in [-0.4, -0.2) is 34.2 Å². The Balaban J connectivity index is 2.49. The van der Waals surface area contributed by atoms with Crippen molar-refractivity contribution in [2.45, 2.75) is 19.4 Å². The fourth-order valence-electron chi connectivity index (χ4n) is 1.28. The third-order valence-corrected chi connectivity index (χ3v) is 2.90. The molecule has 0 aliphatic carbocycles. The van der Waals surface area contributed by atoms with Crippen molar-refractivity contribution < 1.29 is 5.11 Å². The molecule has 0 aliphatic heterocycles. The van der Waals surface area contributed by atoms with Crippen molar-refractivity contribution >= 4 is 17.6 Å². The van der Waals surface area contributed by atoms with E-state index < -0.39 is 5.60 Å². The number of hydrogen-bond acceptors (Lipinski definition) is 4. The molecule has 84 valence electrons. The van der Waals surface area contributed by atoms with Gasteiger partial charge in [0.15, 0.2) is 0 Å². The van der Waals surface area contributed by atoms with Gasteiger partial charge in [-0.3, -0.25) is 0 Å². The summed E-state index contributed by atoms with van der Waals surface area (Å²) >= 11 is 1.64. The molecule has 0 aromatic carbocycles. The summed E-state index contributed by atoms with van der Waals surface area (Å²) in [5, 5.41) is 13.1. The van der Waals surface area contributed by atoms with E-state index in [2.05, 4.69) is 10.3 Å². The van der Waals surface area contributed by atoms with Crippen molar-refractivity contribution in [3.05, 3.63) is 23.9 Å². The highest BCUT2D eigenvalue weighted by Crippen LogP contribution is 2.12. The molecule has 1 aromatic heterocycles. The Labute approximate surface area is 95.3 Å². The van der Waals surface area contributed by atoms with Gasteiger partial charge >= 0.3 is 0 Å².